The predicted molar refractivity (Wildman–Crippen MR) is 117 cm³/mol. The van der Waals surface area contributed by atoms with Crippen LogP contribution in [0.15, 0.2) is 28.8 Å². The van der Waals surface area contributed by atoms with Gasteiger partial charge in [-0.3, -0.25) is 4.79 Å². The van der Waals surface area contributed by atoms with Crippen LogP contribution in [0.1, 0.15) is 91.6 Å². The highest BCUT2D eigenvalue weighted by molar-refractivity contribution is 5.94. The molecule has 2 aliphatic rings. The molecule has 2 aromatic rings. The Kier molecular flexibility index (Phi) is 6.76. The molecular formula is C25H34N2O3. The molecule has 1 heterocycles. The molecule has 4 rings (SSSR count). The summed E-state index contributed by atoms with van der Waals surface area (Å²) in [6.07, 6.45) is 11.8. The lowest BCUT2D eigenvalue weighted by molar-refractivity contribution is 0.0436. The lowest BCUT2D eigenvalue weighted by atomic mass is 9.88. The second-order valence-corrected chi connectivity index (χ2v) is 8.92. The van der Waals surface area contributed by atoms with E-state index in [1.165, 1.54) is 38.5 Å². The average Bonchev–Trinajstić information content (AvgIpc) is 3.15. The van der Waals surface area contributed by atoms with E-state index in [9.17, 15) is 4.79 Å². The monoisotopic (exact) mass is 410 g/mol. The van der Waals surface area contributed by atoms with E-state index in [4.69, 9.17) is 9.26 Å². The molecule has 0 atom stereocenters. The molecule has 0 bridgehead atoms. The van der Waals surface area contributed by atoms with Gasteiger partial charge in [0.2, 0.25) is 0 Å². The third-order valence-corrected chi connectivity index (χ3v) is 6.82. The number of carbonyl (C=O) groups is 1. The molecule has 1 aromatic heterocycles. The van der Waals surface area contributed by atoms with E-state index in [1.807, 2.05) is 38.1 Å². The number of para-hydroxylation sites is 1. The van der Waals surface area contributed by atoms with Crippen LogP contribution in [0, 0.1) is 13.8 Å². The highest BCUT2D eigenvalue weighted by Crippen LogP contribution is 2.32. The zero-order valence-corrected chi connectivity index (χ0v) is 18.4. The van der Waals surface area contributed by atoms with E-state index in [1.54, 1.807) is 0 Å². The topological polar surface area (TPSA) is 55.6 Å². The van der Waals surface area contributed by atoms with Crippen molar-refractivity contribution >= 4 is 5.91 Å². The number of amides is 1. The van der Waals surface area contributed by atoms with Crippen LogP contribution in [0.4, 0.5) is 0 Å². The van der Waals surface area contributed by atoms with Crippen LogP contribution in [0.5, 0.6) is 5.75 Å². The molecule has 0 aliphatic heterocycles. The summed E-state index contributed by atoms with van der Waals surface area (Å²) in [4.78, 5) is 16.0. The first-order valence-corrected chi connectivity index (χ1v) is 11.6. The number of nitrogens with zero attached hydrogens (tertiary/aromatic N) is 2. The number of carbonyl (C=O) groups excluding carboxylic acids is 1. The van der Waals surface area contributed by atoms with Crippen LogP contribution in [0.25, 0.3) is 0 Å². The van der Waals surface area contributed by atoms with Gasteiger partial charge in [0, 0.05) is 12.1 Å². The minimum atomic E-state index is 0.0361. The molecule has 1 aromatic carbocycles. The summed E-state index contributed by atoms with van der Waals surface area (Å²) in [5.74, 6) is 1.53. The third-order valence-electron chi connectivity index (χ3n) is 6.82. The minimum absolute atomic E-state index is 0.0361. The number of hydrogen-bond acceptors (Lipinski definition) is 4. The SMILES string of the molecule is Cc1ccccc1OCc1c(C(=O)N(C2CCCCC2)C2CCCCC2)noc1C. The van der Waals surface area contributed by atoms with Crippen molar-refractivity contribution in [1.82, 2.24) is 10.1 Å². The Hall–Kier alpha value is -2.30. The molecule has 2 aliphatic carbocycles. The quantitative estimate of drug-likeness (QED) is 0.588. The van der Waals surface area contributed by atoms with Gasteiger partial charge < -0.3 is 14.2 Å². The van der Waals surface area contributed by atoms with Crippen molar-refractivity contribution in [2.24, 2.45) is 0 Å². The fourth-order valence-corrected chi connectivity index (χ4v) is 5.07. The largest absolute Gasteiger partial charge is 0.488 e. The van der Waals surface area contributed by atoms with E-state index in [-0.39, 0.29) is 5.91 Å². The molecule has 1 amide bonds. The lowest BCUT2D eigenvalue weighted by Crippen LogP contribution is -2.49. The minimum Gasteiger partial charge on any atom is -0.488 e. The summed E-state index contributed by atoms with van der Waals surface area (Å²) >= 11 is 0. The molecular weight excluding hydrogens is 376 g/mol. The van der Waals surface area contributed by atoms with E-state index >= 15 is 0 Å². The van der Waals surface area contributed by atoms with Crippen molar-refractivity contribution in [3.05, 3.63) is 46.8 Å². The molecule has 0 N–H and O–H groups in total. The maximum absolute atomic E-state index is 13.8. The first-order valence-electron chi connectivity index (χ1n) is 11.6. The molecule has 0 radical (unpaired) electrons. The summed E-state index contributed by atoms with van der Waals surface area (Å²) in [6, 6.07) is 8.59. The molecule has 5 heteroatoms. The number of benzene rings is 1. The third kappa shape index (κ3) is 4.55. The summed E-state index contributed by atoms with van der Waals surface area (Å²) < 4.78 is 11.5. The number of hydrogen-bond donors (Lipinski definition) is 0. The fourth-order valence-electron chi connectivity index (χ4n) is 5.07. The summed E-state index contributed by atoms with van der Waals surface area (Å²) in [6.45, 7) is 4.19. The van der Waals surface area contributed by atoms with Gasteiger partial charge >= 0.3 is 0 Å². The first kappa shape index (κ1) is 21.0. The summed E-state index contributed by atoms with van der Waals surface area (Å²) in [5, 5.41) is 4.21. The van der Waals surface area contributed by atoms with Crippen molar-refractivity contribution in [1.29, 1.82) is 0 Å². The standard InChI is InChI=1S/C25H34N2O3/c1-18-11-9-10-16-23(18)29-17-22-19(2)30-26-24(22)25(28)27(20-12-5-3-6-13-20)21-14-7-4-8-15-21/h9-11,16,20-21H,3-8,12-15,17H2,1-2H3. The van der Waals surface area contributed by atoms with E-state index in [2.05, 4.69) is 10.1 Å². The predicted octanol–water partition coefficient (Wildman–Crippen LogP) is 5.98. The fraction of sp³-hybridized carbons (Fsp3) is 0.600. The van der Waals surface area contributed by atoms with Gasteiger partial charge in [0.25, 0.3) is 5.91 Å². The van der Waals surface area contributed by atoms with Crippen molar-refractivity contribution in [3.63, 3.8) is 0 Å². The zero-order valence-electron chi connectivity index (χ0n) is 18.4. The summed E-state index contributed by atoms with van der Waals surface area (Å²) in [7, 11) is 0. The van der Waals surface area contributed by atoms with Crippen molar-refractivity contribution in [2.45, 2.75) is 96.7 Å². The summed E-state index contributed by atoms with van der Waals surface area (Å²) in [5.41, 5.74) is 2.29. The highest BCUT2D eigenvalue weighted by Gasteiger charge is 2.35. The van der Waals surface area contributed by atoms with Crippen LogP contribution in [-0.2, 0) is 6.61 Å². The van der Waals surface area contributed by atoms with E-state index in [0.717, 1.165) is 42.6 Å². The molecule has 30 heavy (non-hydrogen) atoms. The van der Waals surface area contributed by atoms with Crippen LogP contribution in [0.2, 0.25) is 0 Å². The number of rotatable bonds is 6. The smallest absolute Gasteiger partial charge is 0.276 e. The average molecular weight is 411 g/mol. The number of aromatic nitrogens is 1. The van der Waals surface area contributed by atoms with Crippen LogP contribution in [0.3, 0.4) is 0 Å². The van der Waals surface area contributed by atoms with Gasteiger partial charge in [0.1, 0.15) is 18.1 Å². The van der Waals surface area contributed by atoms with Crippen molar-refractivity contribution in [2.75, 3.05) is 0 Å². The Balaban J connectivity index is 1.57. The number of aryl methyl sites for hydroxylation is 2. The molecule has 0 spiro atoms. The van der Waals surface area contributed by atoms with Gasteiger partial charge in [-0.2, -0.15) is 0 Å². The second kappa shape index (κ2) is 9.67. The lowest BCUT2D eigenvalue weighted by Gasteiger charge is -2.41. The van der Waals surface area contributed by atoms with Gasteiger partial charge in [0.15, 0.2) is 5.69 Å². The normalized spacial score (nSPS) is 18.3. The molecule has 0 unspecified atom stereocenters. The van der Waals surface area contributed by atoms with Gasteiger partial charge in [-0.1, -0.05) is 61.9 Å². The second-order valence-electron chi connectivity index (χ2n) is 8.92. The van der Waals surface area contributed by atoms with Gasteiger partial charge in [0.05, 0.1) is 5.56 Å². The first-order chi connectivity index (χ1) is 14.6. The van der Waals surface area contributed by atoms with Crippen LogP contribution in [-0.4, -0.2) is 28.0 Å². The maximum Gasteiger partial charge on any atom is 0.276 e. The molecule has 5 nitrogen and oxygen atoms in total. The van der Waals surface area contributed by atoms with Gasteiger partial charge in [-0.05, 0) is 51.2 Å². The Morgan fingerprint density at radius 3 is 2.20 bits per heavy atom. The molecule has 2 saturated carbocycles. The van der Waals surface area contributed by atoms with E-state index < -0.39 is 0 Å². The highest BCUT2D eigenvalue weighted by atomic mass is 16.5. The number of ether oxygens (including phenoxy) is 1. The van der Waals surface area contributed by atoms with Crippen molar-refractivity contribution < 1.29 is 14.1 Å². The van der Waals surface area contributed by atoms with Crippen LogP contribution >= 0.6 is 0 Å². The van der Waals surface area contributed by atoms with Gasteiger partial charge in [-0.25, -0.2) is 0 Å². The Labute approximate surface area is 179 Å². The molecule has 0 saturated heterocycles. The molecule has 2 fully saturated rings. The van der Waals surface area contributed by atoms with Crippen molar-refractivity contribution in [3.8, 4) is 5.75 Å². The van der Waals surface area contributed by atoms with Gasteiger partial charge in [-0.15, -0.1) is 0 Å². The Morgan fingerprint density at radius 1 is 1.00 bits per heavy atom. The Bertz CT molecular complexity index is 830. The zero-order chi connectivity index (χ0) is 20.9. The van der Waals surface area contributed by atoms with Crippen LogP contribution < -0.4 is 4.74 Å². The maximum atomic E-state index is 13.8. The molecule has 162 valence electrons. The van der Waals surface area contributed by atoms with E-state index in [0.29, 0.717) is 30.1 Å². The Morgan fingerprint density at radius 2 is 1.60 bits per heavy atom.